The van der Waals surface area contributed by atoms with Gasteiger partial charge in [0.15, 0.2) is 0 Å². The molecule has 0 saturated carbocycles. The molecule has 2 aromatic rings. The zero-order chi connectivity index (χ0) is 13.3. The standard InChI is InChI=1S/C18H18O/c1-16-10-12-17(13-11-16)7-5-6-14-19-15-18-8-3-2-4-9-18/h2-4,8-13H,6,14-15H2,1H3. The van der Waals surface area contributed by atoms with Crippen LogP contribution in [0.3, 0.4) is 0 Å². The maximum absolute atomic E-state index is 5.57. The van der Waals surface area contributed by atoms with Gasteiger partial charge in [-0.1, -0.05) is 59.9 Å². The number of aryl methyl sites for hydroxylation is 1. The topological polar surface area (TPSA) is 9.23 Å². The fraction of sp³-hybridized carbons (Fsp3) is 0.222. The first-order valence-corrected chi connectivity index (χ1v) is 6.52. The summed E-state index contributed by atoms with van der Waals surface area (Å²) in [6.45, 7) is 3.41. The summed E-state index contributed by atoms with van der Waals surface area (Å²) >= 11 is 0. The van der Waals surface area contributed by atoms with Crippen LogP contribution < -0.4 is 0 Å². The molecule has 0 spiro atoms. The summed E-state index contributed by atoms with van der Waals surface area (Å²) in [5, 5.41) is 0. The molecule has 0 fully saturated rings. The zero-order valence-corrected chi connectivity index (χ0v) is 11.2. The normalized spacial score (nSPS) is 9.74. The van der Waals surface area contributed by atoms with E-state index in [1.807, 2.05) is 30.3 Å². The Bertz CT molecular complexity index is 544. The molecule has 0 N–H and O–H groups in total. The third kappa shape index (κ3) is 4.99. The predicted molar refractivity (Wildman–Crippen MR) is 78.8 cm³/mol. The van der Waals surface area contributed by atoms with E-state index >= 15 is 0 Å². The highest BCUT2D eigenvalue weighted by molar-refractivity contribution is 5.35. The van der Waals surface area contributed by atoms with Gasteiger partial charge in [-0.15, -0.1) is 0 Å². The van der Waals surface area contributed by atoms with E-state index in [-0.39, 0.29) is 0 Å². The maximum Gasteiger partial charge on any atom is 0.0717 e. The molecule has 0 atom stereocenters. The Morgan fingerprint density at radius 3 is 2.42 bits per heavy atom. The van der Waals surface area contributed by atoms with Crippen LogP contribution in [0.4, 0.5) is 0 Å². The average Bonchev–Trinajstić information content (AvgIpc) is 2.46. The van der Waals surface area contributed by atoms with Crippen molar-refractivity contribution in [1.82, 2.24) is 0 Å². The Balaban J connectivity index is 1.69. The van der Waals surface area contributed by atoms with E-state index in [1.54, 1.807) is 0 Å². The van der Waals surface area contributed by atoms with Gasteiger partial charge >= 0.3 is 0 Å². The third-order valence-corrected chi connectivity index (χ3v) is 2.77. The van der Waals surface area contributed by atoms with Crippen molar-refractivity contribution in [3.63, 3.8) is 0 Å². The van der Waals surface area contributed by atoms with E-state index in [1.165, 1.54) is 11.1 Å². The molecule has 0 saturated heterocycles. The summed E-state index contributed by atoms with van der Waals surface area (Å²) in [6, 6.07) is 18.4. The number of hydrogen-bond acceptors (Lipinski definition) is 1. The molecule has 0 amide bonds. The molecule has 0 aliphatic heterocycles. The predicted octanol–water partition coefficient (Wildman–Crippen LogP) is 3.95. The quantitative estimate of drug-likeness (QED) is 0.589. The van der Waals surface area contributed by atoms with E-state index in [2.05, 4.69) is 43.0 Å². The summed E-state index contributed by atoms with van der Waals surface area (Å²) < 4.78 is 5.57. The number of ether oxygens (including phenoxy) is 1. The zero-order valence-electron chi connectivity index (χ0n) is 11.2. The van der Waals surface area contributed by atoms with Gasteiger partial charge in [-0.2, -0.15) is 0 Å². The first-order chi connectivity index (χ1) is 9.34. The van der Waals surface area contributed by atoms with Gasteiger partial charge in [-0.3, -0.25) is 0 Å². The highest BCUT2D eigenvalue weighted by Crippen LogP contribution is 2.02. The minimum absolute atomic E-state index is 0.660. The van der Waals surface area contributed by atoms with Gasteiger partial charge in [0.2, 0.25) is 0 Å². The highest BCUT2D eigenvalue weighted by Gasteiger charge is 1.90. The molecule has 0 unspecified atom stereocenters. The monoisotopic (exact) mass is 250 g/mol. The van der Waals surface area contributed by atoms with Crippen molar-refractivity contribution >= 4 is 0 Å². The van der Waals surface area contributed by atoms with Gasteiger partial charge in [-0.25, -0.2) is 0 Å². The van der Waals surface area contributed by atoms with Crippen LogP contribution >= 0.6 is 0 Å². The molecule has 0 aliphatic carbocycles. The van der Waals surface area contributed by atoms with Crippen LogP contribution in [0, 0.1) is 18.8 Å². The van der Waals surface area contributed by atoms with E-state index in [9.17, 15) is 0 Å². The third-order valence-electron chi connectivity index (χ3n) is 2.77. The largest absolute Gasteiger partial charge is 0.376 e. The Morgan fingerprint density at radius 1 is 0.947 bits per heavy atom. The van der Waals surface area contributed by atoms with Crippen molar-refractivity contribution < 1.29 is 4.74 Å². The van der Waals surface area contributed by atoms with Crippen molar-refractivity contribution in [3.05, 3.63) is 71.3 Å². The van der Waals surface area contributed by atoms with Gasteiger partial charge in [0, 0.05) is 12.0 Å². The smallest absolute Gasteiger partial charge is 0.0717 e. The Hall–Kier alpha value is -2.04. The van der Waals surface area contributed by atoms with Crippen molar-refractivity contribution in [2.75, 3.05) is 6.61 Å². The van der Waals surface area contributed by atoms with E-state index in [0.717, 1.165) is 12.0 Å². The van der Waals surface area contributed by atoms with Crippen LogP contribution in [0.1, 0.15) is 23.1 Å². The molecule has 0 heterocycles. The number of rotatable bonds is 4. The molecule has 96 valence electrons. The summed E-state index contributed by atoms with van der Waals surface area (Å²) in [7, 11) is 0. The summed E-state index contributed by atoms with van der Waals surface area (Å²) in [5.74, 6) is 6.27. The maximum atomic E-state index is 5.57. The van der Waals surface area contributed by atoms with Gasteiger partial charge in [0.1, 0.15) is 0 Å². The molecular weight excluding hydrogens is 232 g/mol. The van der Waals surface area contributed by atoms with Crippen molar-refractivity contribution in [1.29, 1.82) is 0 Å². The Kier molecular flexibility index (Phi) is 5.22. The van der Waals surface area contributed by atoms with Crippen molar-refractivity contribution in [2.45, 2.75) is 20.0 Å². The second-order valence-electron chi connectivity index (χ2n) is 4.46. The van der Waals surface area contributed by atoms with Crippen LogP contribution in [0.2, 0.25) is 0 Å². The van der Waals surface area contributed by atoms with Gasteiger partial charge < -0.3 is 4.74 Å². The van der Waals surface area contributed by atoms with Gasteiger partial charge in [0.25, 0.3) is 0 Å². The Labute approximate surface area is 115 Å². The van der Waals surface area contributed by atoms with Crippen LogP contribution in [0.15, 0.2) is 54.6 Å². The van der Waals surface area contributed by atoms with E-state index in [0.29, 0.717) is 13.2 Å². The first-order valence-electron chi connectivity index (χ1n) is 6.52. The van der Waals surface area contributed by atoms with Crippen LogP contribution in [-0.4, -0.2) is 6.61 Å². The first kappa shape index (κ1) is 13.4. The SMILES string of the molecule is Cc1ccc(C#CCCOCc2ccccc2)cc1. The molecule has 2 rings (SSSR count). The number of benzene rings is 2. The van der Waals surface area contributed by atoms with Crippen molar-refractivity contribution in [3.8, 4) is 11.8 Å². The molecule has 19 heavy (non-hydrogen) atoms. The van der Waals surface area contributed by atoms with Crippen LogP contribution in [-0.2, 0) is 11.3 Å². The van der Waals surface area contributed by atoms with E-state index < -0.39 is 0 Å². The molecule has 0 aliphatic rings. The fourth-order valence-corrected chi connectivity index (χ4v) is 1.69. The molecule has 2 aromatic carbocycles. The molecule has 0 bridgehead atoms. The molecule has 0 radical (unpaired) electrons. The lowest BCUT2D eigenvalue weighted by Crippen LogP contribution is -1.94. The molecular formula is C18H18O. The lowest BCUT2D eigenvalue weighted by atomic mass is 10.1. The fourth-order valence-electron chi connectivity index (χ4n) is 1.69. The van der Waals surface area contributed by atoms with Crippen LogP contribution in [0.25, 0.3) is 0 Å². The molecule has 1 heteroatoms. The second kappa shape index (κ2) is 7.41. The summed E-state index contributed by atoms with van der Waals surface area (Å²) in [4.78, 5) is 0. The summed E-state index contributed by atoms with van der Waals surface area (Å²) in [6.07, 6.45) is 0.765. The second-order valence-corrected chi connectivity index (χ2v) is 4.46. The number of hydrogen-bond donors (Lipinski definition) is 0. The Morgan fingerprint density at radius 2 is 1.68 bits per heavy atom. The van der Waals surface area contributed by atoms with Crippen LogP contribution in [0.5, 0.6) is 0 Å². The highest BCUT2D eigenvalue weighted by atomic mass is 16.5. The average molecular weight is 250 g/mol. The summed E-state index contributed by atoms with van der Waals surface area (Å²) in [5.41, 5.74) is 3.53. The van der Waals surface area contributed by atoms with Gasteiger partial charge in [-0.05, 0) is 24.6 Å². The van der Waals surface area contributed by atoms with E-state index in [4.69, 9.17) is 4.74 Å². The molecule has 0 aromatic heterocycles. The molecule has 1 nitrogen and oxygen atoms in total. The van der Waals surface area contributed by atoms with Crippen molar-refractivity contribution in [2.24, 2.45) is 0 Å². The lowest BCUT2D eigenvalue weighted by Gasteiger charge is -2.01. The van der Waals surface area contributed by atoms with Gasteiger partial charge in [0.05, 0.1) is 13.2 Å². The lowest BCUT2D eigenvalue weighted by molar-refractivity contribution is 0.126. The minimum Gasteiger partial charge on any atom is -0.376 e. The minimum atomic E-state index is 0.660.